The Morgan fingerprint density at radius 1 is 1.23 bits per heavy atom. The first-order chi connectivity index (χ1) is 10.7. The third-order valence-electron chi connectivity index (χ3n) is 4.02. The van der Waals surface area contributed by atoms with Crippen molar-refractivity contribution in [2.75, 3.05) is 50.8 Å². The Balaban J connectivity index is 1.88. The summed E-state index contributed by atoms with van der Waals surface area (Å²) in [5, 5.41) is 0. The lowest BCUT2D eigenvalue weighted by atomic mass is 10.1. The van der Waals surface area contributed by atoms with Crippen molar-refractivity contribution in [1.29, 1.82) is 0 Å². The second-order valence-electron chi connectivity index (χ2n) is 5.60. The number of ether oxygens (including phenoxy) is 1. The standard InChI is InChI=1S/C17H27N3O2/c1-2-22-17(21)15-6-5-7-16(14-15)20-12-10-19(11-13-20)9-4-3-8-18/h5-7,14H,2-4,8-13,18H2,1H3. The van der Waals surface area contributed by atoms with E-state index >= 15 is 0 Å². The zero-order valence-corrected chi connectivity index (χ0v) is 13.5. The second kappa shape index (κ2) is 8.76. The van der Waals surface area contributed by atoms with E-state index in [9.17, 15) is 4.79 Å². The van der Waals surface area contributed by atoms with Gasteiger partial charge in [0.1, 0.15) is 0 Å². The molecule has 1 fully saturated rings. The zero-order chi connectivity index (χ0) is 15.8. The van der Waals surface area contributed by atoms with Gasteiger partial charge in [0.25, 0.3) is 0 Å². The molecule has 2 N–H and O–H groups in total. The van der Waals surface area contributed by atoms with E-state index in [-0.39, 0.29) is 5.97 Å². The van der Waals surface area contributed by atoms with E-state index in [0.29, 0.717) is 12.2 Å². The minimum absolute atomic E-state index is 0.246. The third-order valence-corrected chi connectivity index (χ3v) is 4.02. The van der Waals surface area contributed by atoms with E-state index in [2.05, 4.69) is 15.9 Å². The van der Waals surface area contributed by atoms with E-state index in [1.54, 1.807) is 0 Å². The molecule has 1 aliphatic rings. The summed E-state index contributed by atoms with van der Waals surface area (Å²) in [4.78, 5) is 16.6. The number of carbonyl (C=O) groups is 1. The number of benzene rings is 1. The Morgan fingerprint density at radius 2 is 2.00 bits per heavy atom. The van der Waals surface area contributed by atoms with Crippen molar-refractivity contribution in [3.63, 3.8) is 0 Å². The Kier molecular flexibility index (Phi) is 6.68. The number of carbonyl (C=O) groups excluding carboxylic acids is 1. The second-order valence-corrected chi connectivity index (χ2v) is 5.60. The van der Waals surface area contributed by atoms with Gasteiger partial charge < -0.3 is 15.4 Å². The molecule has 0 bridgehead atoms. The van der Waals surface area contributed by atoms with Crippen molar-refractivity contribution in [3.8, 4) is 0 Å². The molecule has 1 aromatic carbocycles. The Labute approximate surface area is 133 Å². The van der Waals surface area contributed by atoms with Crippen LogP contribution in [-0.2, 0) is 4.74 Å². The van der Waals surface area contributed by atoms with Gasteiger partial charge in [-0.15, -0.1) is 0 Å². The maximum absolute atomic E-state index is 11.8. The fourth-order valence-electron chi connectivity index (χ4n) is 2.75. The summed E-state index contributed by atoms with van der Waals surface area (Å²) in [5.41, 5.74) is 7.27. The number of unbranched alkanes of at least 4 members (excludes halogenated alkanes) is 1. The van der Waals surface area contributed by atoms with Crippen LogP contribution in [0.2, 0.25) is 0 Å². The summed E-state index contributed by atoms with van der Waals surface area (Å²) in [5.74, 6) is -0.246. The van der Waals surface area contributed by atoms with E-state index in [1.807, 2.05) is 25.1 Å². The van der Waals surface area contributed by atoms with Gasteiger partial charge in [0.2, 0.25) is 0 Å². The highest BCUT2D eigenvalue weighted by atomic mass is 16.5. The van der Waals surface area contributed by atoms with E-state index in [0.717, 1.165) is 51.4 Å². The predicted molar refractivity (Wildman–Crippen MR) is 89.3 cm³/mol. The topological polar surface area (TPSA) is 58.8 Å². The summed E-state index contributed by atoms with van der Waals surface area (Å²) in [6, 6.07) is 7.73. The molecule has 1 heterocycles. The monoisotopic (exact) mass is 305 g/mol. The van der Waals surface area contributed by atoms with Crippen LogP contribution >= 0.6 is 0 Å². The number of rotatable bonds is 7. The summed E-state index contributed by atoms with van der Waals surface area (Å²) in [6.45, 7) is 8.26. The van der Waals surface area contributed by atoms with Gasteiger partial charge in [0.15, 0.2) is 0 Å². The molecular formula is C17H27N3O2. The normalized spacial score (nSPS) is 15.8. The molecule has 0 saturated carbocycles. The van der Waals surface area contributed by atoms with Crippen LogP contribution in [0.4, 0.5) is 5.69 Å². The van der Waals surface area contributed by atoms with Crippen LogP contribution in [0.25, 0.3) is 0 Å². The molecule has 0 amide bonds. The van der Waals surface area contributed by atoms with Crippen LogP contribution in [0.3, 0.4) is 0 Å². The van der Waals surface area contributed by atoms with Gasteiger partial charge >= 0.3 is 5.97 Å². The van der Waals surface area contributed by atoms with Crippen molar-refractivity contribution in [1.82, 2.24) is 4.90 Å². The average Bonchev–Trinajstić information content (AvgIpc) is 2.56. The van der Waals surface area contributed by atoms with Gasteiger partial charge in [-0.1, -0.05) is 6.07 Å². The molecule has 22 heavy (non-hydrogen) atoms. The molecule has 2 rings (SSSR count). The highest BCUT2D eigenvalue weighted by molar-refractivity contribution is 5.90. The van der Waals surface area contributed by atoms with E-state index in [1.165, 1.54) is 6.42 Å². The molecule has 1 aliphatic heterocycles. The van der Waals surface area contributed by atoms with Crippen LogP contribution in [0.5, 0.6) is 0 Å². The van der Waals surface area contributed by atoms with Gasteiger partial charge in [-0.05, 0) is 51.1 Å². The SMILES string of the molecule is CCOC(=O)c1cccc(N2CCN(CCCCN)CC2)c1. The number of anilines is 1. The van der Waals surface area contributed by atoms with Crippen LogP contribution < -0.4 is 10.6 Å². The van der Waals surface area contributed by atoms with Gasteiger partial charge in [-0.3, -0.25) is 4.90 Å². The Hall–Kier alpha value is -1.59. The smallest absolute Gasteiger partial charge is 0.338 e. The predicted octanol–water partition coefficient (Wildman–Crippen LogP) is 1.72. The fourth-order valence-corrected chi connectivity index (χ4v) is 2.75. The molecule has 122 valence electrons. The lowest BCUT2D eigenvalue weighted by Gasteiger charge is -2.36. The molecule has 0 unspecified atom stereocenters. The van der Waals surface area contributed by atoms with Gasteiger partial charge in [-0.25, -0.2) is 4.79 Å². The van der Waals surface area contributed by atoms with Gasteiger partial charge in [0.05, 0.1) is 12.2 Å². The molecule has 1 aromatic rings. The lowest BCUT2D eigenvalue weighted by molar-refractivity contribution is 0.0526. The first kappa shape index (κ1) is 16.8. The minimum atomic E-state index is -0.246. The van der Waals surface area contributed by atoms with Gasteiger partial charge in [-0.2, -0.15) is 0 Å². The number of piperazine rings is 1. The van der Waals surface area contributed by atoms with E-state index in [4.69, 9.17) is 10.5 Å². The van der Waals surface area contributed by atoms with Gasteiger partial charge in [0, 0.05) is 31.9 Å². The Bertz CT molecular complexity index is 471. The van der Waals surface area contributed by atoms with Crippen molar-refractivity contribution in [3.05, 3.63) is 29.8 Å². The molecule has 0 aromatic heterocycles. The van der Waals surface area contributed by atoms with Crippen LogP contribution in [0.1, 0.15) is 30.1 Å². The number of hydrogen-bond acceptors (Lipinski definition) is 5. The highest BCUT2D eigenvalue weighted by Gasteiger charge is 2.17. The lowest BCUT2D eigenvalue weighted by Crippen LogP contribution is -2.46. The molecule has 0 spiro atoms. The van der Waals surface area contributed by atoms with E-state index < -0.39 is 0 Å². The molecule has 0 atom stereocenters. The number of nitrogens with zero attached hydrogens (tertiary/aromatic N) is 2. The molecular weight excluding hydrogens is 278 g/mol. The summed E-state index contributed by atoms with van der Waals surface area (Å²) in [6.07, 6.45) is 2.27. The summed E-state index contributed by atoms with van der Waals surface area (Å²) < 4.78 is 5.07. The molecule has 5 heteroatoms. The fraction of sp³-hybridized carbons (Fsp3) is 0.588. The van der Waals surface area contributed by atoms with Crippen LogP contribution in [-0.4, -0.2) is 56.7 Å². The maximum atomic E-state index is 11.8. The maximum Gasteiger partial charge on any atom is 0.338 e. The largest absolute Gasteiger partial charge is 0.462 e. The van der Waals surface area contributed by atoms with Crippen LogP contribution in [0.15, 0.2) is 24.3 Å². The summed E-state index contributed by atoms with van der Waals surface area (Å²) >= 11 is 0. The average molecular weight is 305 g/mol. The van der Waals surface area contributed by atoms with Crippen molar-refractivity contribution in [2.24, 2.45) is 5.73 Å². The zero-order valence-electron chi connectivity index (χ0n) is 13.5. The number of esters is 1. The molecule has 0 aliphatic carbocycles. The molecule has 5 nitrogen and oxygen atoms in total. The highest BCUT2D eigenvalue weighted by Crippen LogP contribution is 2.19. The third kappa shape index (κ3) is 4.71. The van der Waals surface area contributed by atoms with Crippen LogP contribution in [0, 0.1) is 0 Å². The van der Waals surface area contributed by atoms with Crippen molar-refractivity contribution < 1.29 is 9.53 Å². The quantitative estimate of drug-likeness (QED) is 0.614. The Morgan fingerprint density at radius 3 is 2.68 bits per heavy atom. The molecule has 1 saturated heterocycles. The minimum Gasteiger partial charge on any atom is -0.462 e. The first-order valence-corrected chi connectivity index (χ1v) is 8.19. The number of hydrogen-bond donors (Lipinski definition) is 1. The first-order valence-electron chi connectivity index (χ1n) is 8.19. The number of nitrogens with two attached hydrogens (primary N) is 1. The van der Waals surface area contributed by atoms with Crippen molar-refractivity contribution >= 4 is 11.7 Å². The molecule has 0 radical (unpaired) electrons. The van der Waals surface area contributed by atoms with Crippen molar-refractivity contribution in [2.45, 2.75) is 19.8 Å². The summed E-state index contributed by atoms with van der Waals surface area (Å²) in [7, 11) is 0.